The van der Waals surface area contributed by atoms with E-state index in [2.05, 4.69) is 15.3 Å². The quantitative estimate of drug-likeness (QED) is 0.461. The maximum absolute atomic E-state index is 14.5. The van der Waals surface area contributed by atoms with Crippen LogP contribution in [0.5, 0.6) is 0 Å². The van der Waals surface area contributed by atoms with Crippen molar-refractivity contribution in [3.8, 4) is 10.4 Å². The first-order valence-electron chi connectivity index (χ1n) is 8.82. The van der Waals surface area contributed by atoms with Gasteiger partial charge >= 0.3 is 12.1 Å². The summed E-state index contributed by atoms with van der Waals surface area (Å²) in [4.78, 5) is 20.0. The summed E-state index contributed by atoms with van der Waals surface area (Å²) in [6.07, 6.45) is -4.18. The number of alkyl halides is 3. The minimum atomic E-state index is -4.72. The highest BCUT2D eigenvalue weighted by atomic mass is 32.1. The van der Waals surface area contributed by atoms with Gasteiger partial charge in [-0.15, -0.1) is 0 Å². The van der Waals surface area contributed by atoms with Gasteiger partial charge in [0.1, 0.15) is 17.2 Å². The van der Waals surface area contributed by atoms with Gasteiger partial charge < -0.3 is 10.4 Å². The molecule has 0 radical (unpaired) electrons. The molecule has 0 saturated heterocycles. The Kier molecular flexibility index (Phi) is 5.80. The van der Waals surface area contributed by atoms with Gasteiger partial charge in [0.25, 0.3) is 0 Å². The molecule has 0 aliphatic carbocycles. The minimum Gasteiger partial charge on any atom is -0.478 e. The van der Waals surface area contributed by atoms with Crippen LogP contribution in [0.15, 0.2) is 30.5 Å². The van der Waals surface area contributed by atoms with Crippen LogP contribution in [-0.2, 0) is 6.18 Å². The van der Waals surface area contributed by atoms with Crippen molar-refractivity contribution in [2.75, 3.05) is 5.32 Å². The van der Waals surface area contributed by atoms with E-state index in [1.165, 1.54) is 6.07 Å². The highest BCUT2D eigenvalue weighted by Crippen LogP contribution is 2.39. The summed E-state index contributed by atoms with van der Waals surface area (Å²) in [7, 11) is 0. The summed E-state index contributed by atoms with van der Waals surface area (Å²) in [6, 6.07) is 5.30. The van der Waals surface area contributed by atoms with Crippen LogP contribution in [0.2, 0.25) is 0 Å². The third-order valence-corrected chi connectivity index (χ3v) is 5.26. The first-order chi connectivity index (χ1) is 14.0. The van der Waals surface area contributed by atoms with Crippen molar-refractivity contribution in [2.45, 2.75) is 32.9 Å². The standard InChI is InChI=1S/C20H17F4N3O2S/c1-9(2)15-16(12-5-4-10(3)6-14(12)21)30-19(26-15)27-17-13(18(28)29)7-11(8-25-17)20(22,23)24/h4-9H,1-3H3,(H,28,29)(H,25,26,27). The highest BCUT2D eigenvalue weighted by molar-refractivity contribution is 7.19. The number of carboxylic acid groups (broad SMARTS) is 1. The second-order valence-electron chi connectivity index (χ2n) is 6.92. The zero-order chi connectivity index (χ0) is 22.2. The van der Waals surface area contributed by atoms with Crippen LogP contribution in [0.1, 0.15) is 46.9 Å². The van der Waals surface area contributed by atoms with Gasteiger partial charge in [0.05, 0.1) is 16.1 Å². The number of anilines is 2. The molecule has 158 valence electrons. The first-order valence-corrected chi connectivity index (χ1v) is 9.63. The van der Waals surface area contributed by atoms with E-state index in [0.717, 1.165) is 16.9 Å². The number of aryl methyl sites for hydroxylation is 1. The number of thiazole rings is 1. The predicted octanol–water partition coefficient (Wildman–Crippen LogP) is 6.24. The SMILES string of the molecule is Cc1ccc(-c2sc(Nc3ncc(C(F)(F)F)cc3C(=O)O)nc2C(C)C)c(F)c1. The Morgan fingerprint density at radius 1 is 1.23 bits per heavy atom. The number of benzene rings is 1. The zero-order valence-electron chi connectivity index (χ0n) is 16.1. The number of halogens is 4. The number of carbonyl (C=O) groups is 1. The van der Waals surface area contributed by atoms with Crippen molar-refractivity contribution in [2.24, 2.45) is 0 Å². The van der Waals surface area contributed by atoms with E-state index in [-0.39, 0.29) is 16.9 Å². The Morgan fingerprint density at radius 2 is 1.93 bits per heavy atom. The molecule has 2 heterocycles. The van der Waals surface area contributed by atoms with Crippen LogP contribution in [0.4, 0.5) is 28.5 Å². The van der Waals surface area contributed by atoms with E-state index >= 15 is 0 Å². The van der Waals surface area contributed by atoms with Gasteiger partial charge in [-0.1, -0.05) is 37.3 Å². The normalized spacial score (nSPS) is 11.7. The number of aromatic carboxylic acids is 1. The molecule has 3 rings (SSSR count). The average Bonchev–Trinajstić information content (AvgIpc) is 3.04. The van der Waals surface area contributed by atoms with Crippen molar-refractivity contribution in [1.29, 1.82) is 0 Å². The van der Waals surface area contributed by atoms with Gasteiger partial charge in [-0.3, -0.25) is 0 Å². The minimum absolute atomic E-state index is 0.0768. The average molecular weight is 439 g/mol. The number of nitrogens with one attached hydrogen (secondary N) is 1. The molecule has 10 heteroatoms. The fourth-order valence-corrected chi connectivity index (χ4v) is 3.90. The molecule has 0 aliphatic heterocycles. The lowest BCUT2D eigenvalue weighted by molar-refractivity contribution is -0.137. The van der Waals surface area contributed by atoms with Crippen molar-refractivity contribution in [3.05, 3.63) is 58.7 Å². The molecule has 0 fully saturated rings. The molecule has 0 aliphatic rings. The van der Waals surface area contributed by atoms with Gasteiger partial charge in [0.15, 0.2) is 5.13 Å². The summed E-state index contributed by atoms with van der Waals surface area (Å²) < 4.78 is 53.2. The molecule has 0 amide bonds. The van der Waals surface area contributed by atoms with Gasteiger partial charge in [0.2, 0.25) is 0 Å². The van der Waals surface area contributed by atoms with Crippen LogP contribution in [0, 0.1) is 12.7 Å². The van der Waals surface area contributed by atoms with Gasteiger partial charge in [-0.2, -0.15) is 13.2 Å². The molecule has 0 spiro atoms. The van der Waals surface area contributed by atoms with Crippen LogP contribution in [0.3, 0.4) is 0 Å². The monoisotopic (exact) mass is 439 g/mol. The summed E-state index contributed by atoms with van der Waals surface area (Å²) in [5.41, 5.74) is -0.142. The van der Waals surface area contributed by atoms with Gasteiger partial charge in [-0.05, 0) is 30.5 Å². The van der Waals surface area contributed by atoms with Crippen molar-refractivity contribution in [1.82, 2.24) is 9.97 Å². The van der Waals surface area contributed by atoms with E-state index < -0.39 is 29.1 Å². The molecule has 0 saturated carbocycles. The summed E-state index contributed by atoms with van der Waals surface area (Å²) in [5, 5.41) is 12.2. The van der Waals surface area contributed by atoms with Crippen molar-refractivity contribution in [3.63, 3.8) is 0 Å². The smallest absolute Gasteiger partial charge is 0.417 e. The van der Waals surface area contributed by atoms with E-state index in [9.17, 15) is 27.5 Å². The van der Waals surface area contributed by atoms with E-state index in [1.54, 1.807) is 19.1 Å². The number of nitrogens with zero attached hydrogens (tertiary/aromatic N) is 2. The first kappa shape index (κ1) is 21.7. The number of pyridine rings is 1. The fraction of sp³-hybridized carbons (Fsp3) is 0.250. The number of aromatic nitrogens is 2. The lowest BCUT2D eigenvalue weighted by Crippen LogP contribution is -2.11. The molecular formula is C20H17F4N3O2S. The Balaban J connectivity index is 2.05. The molecule has 1 aromatic carbocycles. The van der Waals surface area contributed by atoms with Crippen molar-refractivity contribution < 1.29 is 27.5 Å². The lowest BCUT2D eigenvalue weighted by Gasteiger charge is -2.10. The lowest BCUT2D eigenvalue weighted by atomic mass is 10.0. The number of rotatable bonds is 5. The van der Waals surface area contributed by atoms with Crippen LogP contribution in [-0.4, -0.2) is 21.0 Å². The van der Waals surface area contributed by atoms with Crippen LogP contribution >= 0.6 is 11.3 Å². The highest BCUT2D eigenvalue weighted by Gasteiger charge is 2.33. The van der Waals surface area contributed by atoms with Crippen LogP contribution < -0.4 is 5.32 Å². The van der Waals surface area contributed by atoms with E-state index in [4.69, 9.17) is 0 Å². The Bertz CT molecular complexity index is 1110. The molecule has 30 heavy (non-hydrogen) atoms. The van der Waals surface area contributed by atoms with Gasteiger partial charge in [-0.25, -0.2) is 19.2 Å². The third-order valence-electron chi connectivity index (χ3n) is 4.24. The predicted molar refractivity (Wildman–Crippen MR) is 106 cm³/mol. The van der Waals surface area contributed by atoms with Gasteiger partial charge in [0, 0.05) is 11.8 Å². The number of carboxylic acids is 1. The summed E-state index contributed by atoms with van der Waals surface area (Å²) in [5.74, 6) is -2.35. The largest absolute Gasteiger partial charge is 0.478 e. The Labute approximate surface area is 173 Å². The second-order valence-corrected chi connectivity index (χ2v) is 7.92. The van der Waals surface area contributed by atoms with Crippen LogP contribution in [0.25, 0.3) is 10.4 Å². The Hall–Kier alpha value is -3.01. The molecule has 2 aromatic heterocycles. The molecule has 0 bridgehead atoms. The Morgan fingerprint density at radius 3 is 2.50 bits per heavy atom. The maximum Gasteiger partial charge on any atom is 0.417 e. The molecule has 5 nitrogen and oxygen atoms in total. The molecule has 0 unspecified atom stereocenters. The second kappa shape index (κ2) is 8.02. The number of hydrogen-bond donors (Lipinski definition) is 2. The third kappa shape index (κ3) is 4.43. The van der Waals surface area contributed by atoms with Crippen molar-refractivity contribution >= 4 is 28.3 Å². The molecule has 3 aromatic rings. The topological polar surface area (TPSA) is 75.1 Å². The molecular weight excluding hydrogens is 422 g/mol. The van der Waals surface area contributed by atoms with E-state index in [0.29, 0.717) is 28.4 Å². The fourth-order valence-electron chi connectivity index (χ4n) is 2.76. The zero-order valence-corrected chi connectivity index (χ0v) is 17.0. The molecule has 0 atom stereocenters. The van der Waals surface area contributed by atoms with E-state index in [1.807, 2.05) is 13.8 Å². The summed E-state index contributed by atoms with van der Waals surface area (Å²) in [6.45, 7) is 5.50. The number of hydrogen-bond acceptors (Lipinski definition) is 5. The maximum atomic E-state index is 14.5. The molecule has 2 N–H and O–H groups in total. The summed E-state index contributed by atoms with van der Waals surface area (Å²) >= 11 is 1.07.